The summed E-state index contributed by atoms with van der Waals surface area (Å²) in [5.74, 6) is 0.0336. The van der Waals surface area contributed by atoms with Gasteiger partial charge in [-0.3, -0.25) is 4.79 Å². The van der Waals surface area contributed by atoms with Crippen LogP contribution >= 0.6 is 11.6 Å². The molecule has 23 heavy (non-hydrogen) atoms. The predicted octanol–water partition coefficient (Wildman–Crippen LogP) is 5.51. The fraction of sp³-hybridized carbons (Fsp3) is 0.250. The van der Waals surface area contributed by atoms with E-state index in [2.05, 4.69) is 0 Å². The molecule has 0 amide bonds. The molecule has 1 saturated carbocycles. The third-order valence-electron chi connectivity index (χ3n) is 4.50. The molecular weight excluding hydrogens is 306 g/mol. The molecular formula is C20H18ClNO. The number of rotatable bonds is 2. The van der Waals surface area contributed by atoms with E-state index in [0.29, 0.717) is 6.42 Å². The van der Waals surface area contributed by atoms with Crippen molar-refractivity contribution in [3.05, 3.63) is 65.2 Å². The highest BCUT2D eigenvalue weighted by atomic mass is 35.5. The summed E-state index contributed by atoms with van der Waals surface area (Å²) < 4.78 is 34.4. The fourth-order valence-corrected chi connectivity index (χ4v) is 3.49. The molecule has 0 saturated heterocycles. The molecule has 1 fully saturated rings. The van der Waals surface area contributed by atoms with E-state index < -0.39 is 0 Å². The van der Waals surface area contributed by atoms with Gasteiger partial charge in [0.1, 0.15) is 5.78 Å². The number of carbonyl (C=O) groups is 1. The summed E-state index contributed by atoms with van der Waals surface area (Å²) in [7, 11) is 0. The van der Waals surface area contributed by atoms with Crippen molar-refractivity contribution in [1.82, 2.24) is 4.57 Å². The van der Waals surface area contributed by atoms with Crippen molar-refractivity contribution < 1.29 is 10.3 Å². The second kappa shape index (κ2) is 5.86. The average molecular weight is 328 g/mol. The Bertz CT molecular complexity index is 1050. The summed E-state index contributed by atoms with van der Waals surface area (Å²) in [5, 5.41) is 0.720. The van der Waals surface area contributed by atoms with Gasteiger partial charge in [-0.05, 0) is 48.6 Å². The van der Waals surface area contributed by atoms with Gasteiger partial charge in [0.25, 0.3) is 0 Å². The topological polar surface area (TPSA) is 22.0 Å². The van der Waals surface area contributed by atoms with Gasteiger partial charge in [-0.15, -0.1) is 0 Å². The average Bonchev–Trinajstić information content (AvgIpc) is 3.05. The first-order chi connectivity index (χ1) is 12.9. The number of hydrogen-bond acceptors (Lipinski definition) is 1. The van der Waals surface area contributed by atoms with Crippen molar-refractivity contribution in [2.24, 2.45) is 0 Å². The van der Waals surface area contributed by atoms with E-state index in [1.807, 2.05) is 24.3 Å². The molecule has 1 aliphatic carbocycles. The van der Waals surface area contributed by atoms with Crippen LogP contribution in [-0.4, -0.2) is 10.4 Å². The standard InChI is InChI=1S/C20H18ClNO/c21-14-9-11-15(12-10-14)22-13-18(16-5-1-3-7-19(16)22)17-6-2-4-8-20(17)23/h1,3,5,7,9-13,17H,2,4,6,8H2/i9D,10D,11D,12D. The Morgan fingerprint density at radius 1 is 1.13 bits per heavy atom. The molecule has 3 aromatic rings. The van der Waals surface area contributed by atoms with Crippen molar-refractivity contribution in [3.63, 3.8) is 0 Å². The third-order valence-corrected chi connectivity index (χ3v) is 4.68. The third kappa shape index (κ3) is 2.57. The molecule has 4 rings (SSSR count). The van der Waals surface area contributed by atoms with Gasteiger partial charge in [0.05, 0.1) is 11.0 Å². The van der Waals surface area contributed by atoms with Crippen molar-refractivity contribution >= 4 is 28.3 Å². The molecule has 1 atom stereocenters. The summed E-state index contributed by atoms with van der Waals surface area (Å²) >= 11 is 5.94. The summed E-state index contributed by atoms with van der Waals surface area (Å²) in [6.07, 6.45) is 5.09. The number of aromatic nitrogens is 1. The molecule has 3 heteroatoms. The second-order valence-corrected chi connectivity index (χ2v) is 6.28. The van der Waals surface area contributed by atoms with Gasteiger partial charge in [-0.1, -0.05) is 36.2 Å². The zero-order valence-electron chi connectivity index (χ0n) is 16.5. The van der Waals surface area contributed by atoms with Crippen LogP contribution in [0.25, 0.3) is 16.6 Å². The molecule has 2 nitrogen and oxygen atoms in total. The number of benzene rings is 2. The van der Waals surface area contributed by atoms with Crippen LogP contribution in [0.1, 0.15) is 42.6 Å². The monoisotopic (exact) mass is 327 g/mol. The van der Waals surface area contributed by atoms with Crippen LogP contribution in [-0.2, 0) is 4.79 Å². The molecule has 1 unspecified atom stereocenters. The van der Waals surface area contributed by atoms with Crippen molar-refractivity contribution in [2.75, 3.05) is 0 Å². The van der Waals surface area contributed by atoms with Crippen LogP contribution in [0.4, 0.5) is 0 Å². The highest BCUT2D eigenvalue weighted by molar-refractivity contribution is 6.30. The van der Waals surface area contributed by atoms with Gasteiger partial charge in [-0.2, -0.15) is 0 Å². The number of nitrogens with zero attached hydrogens (tertiary/aromatic N) is 1. The first-order valence-corrected chi connectivity index (χ1v) is 8.18. The number of Topliss-reactive ketones (excluding diaryl/α,β-unsaturated/α-hetero) is 1. The largest absolute Gasteiger partial charge is 0.316 e. The van der Waals surface area contributed by atoms with Gasteiger partial charge >= 0.3 is 0 Å². The van der Waals surface area contributed by atoms with Crippen LogP contribution in [0.15, 0.2) is 54.6 Å². The molecule has 0 bridgehead atoms. The van der Waals surface area contributed by atoms with Crippen molar-refractivity contribution in [1.29, 1.82) is 0 Å². The lowest BCUT2D eigenvalue weighted by Gasteiger charge is -2.19. The Morgan fingerprint density at radius 2 is 1.91 bits per heavy atom. The number of halogens is 1. The first-order valence-electron chi connectivity index (χ1n) is 9.80. The summed E-state index contributed by atoms with van der Waals surface area (Å²) in [4.78, 5) is 12.5. The van der Waals surface area contributed by atoms with E-state index in [0.717, 1.165) is 35.7 Å². The predicted molar refractivity (Wildman–Crippen MR) is 94.5 cm³/mol. The first kappa shape index (κ1) is 10.7. The number of carbonyl (C=O) groups excluding carboxylic acids is 1. The Morgan fingerprint density at radius 3 is 2.70 bits per heavy atom. The molecule has 116 valence electrons. The van der Waals surface area contributed by atoms with Crippen LogP contribution in [0, 0.1) is 0 Å². The maximum atomic E-state index is 12.5. The number of para-hydroxylation sites is 1. The lowest BCUT2D eigenvalue weighted by atomic mass is 9.83. The van der Waals surface area contributed by atoms with Crippen LogP contribution in [0.3, 0.4) is 0 Å². The van der Waals surface area contributed by atoms with Gasteiger partial charge in [-0.25, -0.2) is 0 Å². The quantitative estimate of drug-likeness (QED) is 0.608. The minimum absolute atomic E-state index is 0.153. The lowest BCUT2D eigenvalue weighted by Crippen LogP contribution is -2.16. The minimum Gasteiger partial charge on any atom is -0.316 e. The maximum absolute atomic E-state index is 12.5. The minimum atomic E-state index is -0.263. The molecule has 1 aromatic heterocycles. The summed E-state index contributed by atoms with van der Waals surface area (Å²) in [5.41, 5.74) is 1.80. The second-order valence-electron chi connectivity index (χ2n) is 5.90. The number of fused-ring (bicyclic) bond motifs is 1. The summed E-state index contributed by atoms with van der Waals surface area (Å²) in [6.45, 7) is 0. The smallest absolute Gasteiger partial charge is 0.140 e. The van der Waals surface area contributed by atoms with Crippen molar-refractivity contribution in [2.45, 2.75) is 31.6 Å². The Labute approximate surface area is 146 Å². The Hall–Kier alpha value is -2.06. The van der Waals surface area contributed by atoms with Crippen molar-refractivity contribution in [3.8, 4) is 5.69 Å². The normalized spacial score (nSPS) is 20.9. The Kier molecular flexibility index (Phi) is 2.72. The van der Waals surface area contributed by atoms with E-state index in [9.17, 15) is 4.79 Å². The zero-order valence-corrected chi connectivity index (χ0v) is 13.3. The van der Waals surface area contributed by atoms with Crippen LogP contribution in [0.5, 0.6) is 0 Å². The van der Waals surface area contributed by atoms with E-state index in [1.54, 1.807) is 10.8 Å². The molecule has 0 radical (unpaired) electrons. The highest BCUT2D eigenvalue weighted by Gasteiger charge is 2.27. The zero-order chi connectivity index (χ0) is 19.3. The summed E-state index contributed by atoms with van der Waals surface area (Å²) in [6, 6.07) is 6.66. The molecule has 1 aliphatic rings. The van der Waals surface area contributed by atoms with E-state index in [-0.39, 0.29) is 46.6 Å². The SMILES string of the molecule is [2H]c1c([2H])c(-n2cc(C3CCCCC3=O)c3ccccc32)c([2H])c([2H])c1Cl. The van der Waals surface area contributed by atoms with E-state index in [1.165, 1.54) is 0 Å². The fourth-order valence-electron chi connectivity index (χ4n) is 3.39. The molecule has 0 spiro atoms. The molecule has 2 aromatic carbocycles. The lowest BCUT2D eigenvalue weighted by molar-refractivity contribution is -0.121. The highest BCUT2D eigenvalue weighted by Crippen LogP contribution is 2.36. The Balaban J connectivity index is 2.01. The van der Waals surface area contributed by atoms with Crippen LogP contribution in [0.2, 0.25) is 5.02 Å². The number of hydrogen-bond donors (Lipinski definition) is 0. The number of ketones is 1. The maximum Gasteiger partial charge on any atom is 0.140 e. The molecule has 1 heterocycles. The van der Waals surface area contributed by atoms with Crippen LogP contribution < -0.4 is 0 Å². The van der Waals surface area contributed by atoms with Gasteiger partial charge < -0.3 is 4.57 Å². The van der Waals surface area contributed by atoms with E-state index >= 15 is 0 Å². The van der Waals surface area contributed by atoms with Gasteiger partial charge in [0.2, 0.25) is 0 Å². The molecule has 0 N–H and O–H groups in total. The van der Waals surface area contributed by atoms with Gasteiger partial charge in [0, 0.05) is 34.6 Å². The molecule has 0 aliphatic heterocycles. The van der Waals surface area contributed by atoms with E-state index in [4.69, 9.17) is 17.1 Å². The van der Waals surface area contributed by atoms with Gasteiger partial charge in [0.15, 0.2) is 0 Å².